The third kappa shape index (κ3) is 3.00. The van der Waals surface area contributed by atoms with Crippen molar-refractivity contribution < 1.29 is 0 Å². The fourth-order valence-corrected chi connectivity index (χ4v) is 4.37. The van der Waals surface area contributed by atoms with Gasteiger partial charge < -0.3 is 5.32 Å². The normalized spacial score (nSPS) is 30.7. The van der Waals surface area contributed by atoms with E-state index in [1.165, 1.54) is 42.7 Å². The van der Waals surface area contributed by atoms with E-state index in [-0.39, 0.29) is 0 Å². The summed E-state index contributed by atoms with van der Waals surface area (Å²) in [4.78, 5) is 1.35. The van der Waals surface area contributed by atoms with Gasteiger partial charge in [0.25, 0.3) is 0 Å². The quantitative estimate of drug-likeness (QED) is 0.794. The molecule has 3 rings (SSSR count). The molecule has 2 aliphatic carbocycles. The molecule has 1 aromatic rings. The molecule has 0 amide bonds. The van der Waals surface area contributed by atoms with Gasteiger partial charge in [0.2, 0.25) is 0 Å². The van der Waals surface area contributed by atoms with Crippen molar-refractivity contribution in [3.05, 3.63) is 29.8 Å². The number of rotatable bonds is 5. The fraction of sp³-hybridized carbons (Fsp3) is 0.647. The first-order valence-corrected chi connectivity index (χ1v) is 8.86. The first-order chi connectivity index (χ1) is 9.26. The van der Waals surface area contributed by atoms with Crippen LogP contribution in [0.1, 0.15) is 44.2 Å². The van der Waals surface area contributed by atoms with Gasteiger partial charge in [-0.25, -0.2) is 0 Å². The molecule has 1 N–H and O–H groups in total. The van der Waals surface area contributed by atoms with Gasteiger partial charge >= 0.3 is 0 Å². The van der Waals surface area contributed by atoms with E-state index in [1.807, 2.05) is 11.8 Å². The van der Waals surface area contributed by atoms with Crippen LogP contribution in [0.3, 0.4) is 0 Å². The number of nitrogens with one attached hydrogen (secondary N) is 1. The Bertz CT molecular complexity index is 414. The molecule has 1 nitrogen and oxygen atoms in total. The number of benzene rings is 1. The van der Waals surface area contributed by atoms with E-state index in [2.05, 4.69) is 42.8 Å². The average Bonchev–Trinajstić information content (AvgIpc) is 3.07. The molecular weight excluding hydrogens is 250 g/mol. The van der Waals surface area contributed by atoms with Gasteiger partial charge in [0.15, 0.2) is 0 Å². The lowest BCUT2D eigenvalue weighted by Gasteiger charge is -2.24. The smallest absolute Gasteiger partial charge is 0.0291 e. The highest BCUT2D eigenvalue weighted by atomic mass is 32.2. The SMILES string of the molecule is CSc1ccc(C(C)NCC2CC3CCC2C3)cc1. The van der Waals surface area contributed by atoms with Crippen molar-refractivity contribution in [1.82, 2.24) is 5.32 Å². The van der Waals surface area contributed by atoms with Crippen LogP contribution in [0.5, 0.6) is 0 Å². The van der Waals surface area contributed by atoms with Gasteiger partial charge in [-0.3, -0.25) is 0 Å². The molecular formula is C17H25NS. The third-order valence-corrected chi connectivity index (χ3v) is 5.93. The Labute approximate surface area is 121 Å². The van der Waals surface area contributed by atoms with Gasteiger partial charge in [-0.15, -0.1) is 11.8 Å². The maximum atomic E-state index is 3.76. The number of thioether (sulfide) groups is 1. The van der Waals surface area contributed by atoms with E-state index in [0.29, 0.717) is 6.04 Å². The molecule has 104 valence electrons. The van der Waals surface area contributed by atoms with Crippen molar-refractivity contribution in [1.29, 1.82) is 0 Å². The summed E-state index contributed by atoms with van der Waals surface area (Å²) >= 11 is 1.81. The molecule has 19 heavy (non-hydrogen) atoms. The number of hydrogen-bond acceptors (Lipinski definition) is 2. The van der Waals surface area contributed by atoms with Crippen molar-refractivity contribution in [2.75, 3.05) is 12.8 Å². The summed E-state index contributed by atoms with van der Waals surface area (Å²) in [5.41, 5.74) is 1.42. The molecule has 2 fully saturated rings. The van der Waals surface area contributed by atoms with Crippen molar-refractivity contribution in [2.45, 2.75) is 43.5 Å². The summed E-state index contributed by atoms with van der Waals surface area (Å²) < 4.78 is 0. The van der Waals surface area contributed by atoms with Crippen molar-refractivity contribution in [3.8, 4) is 0 Å². The van der Waals surface area contributed by atoms with Crippen LogP contribution in [0.25, 0.3) is 0 Å². The summed E-state index contributed by atoms with van der Waals surface area (Å²) in [7, 11) is 0. The first kappa shape index (κ1) is 13.5. The van der Waals surface area contributed by atoms with E-state index in [4.69, 9.17) is 0 Å². The Morgan fingerprint density at radius 3 is 2.58 bits per heavy atom. The van der Waals surface area contributed by atoms with E-state index in [1.54, 1.807) is 0 Å². The minimum atomic E-state index is 0.482. The van der Waals surface area contributed by atoms with Crippen LogP contribution in [-0.2, 0) is 0 Å². The number of hydrogen-bond donors (Lipinski definition) is 1. The lowest BCUT2D eigenvalue weighted by atomic mass is 9.88. The maximum absolute atomic E-state index is 3.76. The van der Waals surface area contributed by atoms with E-state index >= 15 is 0 Å². The van der Waals surface area contributed by atoms with Gasteiger partial charge in [-0.2, -0.15) is 0 Å². The van der Waals surface area contributed by atoms with E-state index < -0.39 is 0 Å². The molecule has 0 aromatic heterocycles. The predicted molar refractivity (Wildman–Crippen MR) is 83.6 cm³/mol. The molecule has 2 bridgehead atoms. The second-order valence-electron chi connectivity index (χ2n) is 6.34. The minimum Gasteiger partial charge on any atom is -0.310 e. The van der Waals surface area contributed by atoms with Crippen LogP contribution >= 0.6 is 11.8 Å². The summed E-state index contributed by atoms with van der Waals surface area (Å²) in [6.07, 6.45) is 8.13. The Kier molecular flexibility index (Phi) is 4.18. The molecule has 0 aliphatic heterocycles. The molecule has 2 heteroatoms. The standard InChI is InChI=1S/C17H25NS/c1-12(14-5-7-17(19-2)8-6-14)18-11-16-10-13-3-4-15(16)9-13/h5-8,12-13,15-16,18H,3-4,9-11H2,1-2H3. The second-order valence-corrected chi connectivity index (χ2v) is 7.22. The Morgan fingerprint density at radius 2 is 2.00 bits per heavy atom. The highest BCUT2D eigenvalue weighted by Gasteiger charge is 2.39. The topological polar surface area (TPSA) is 12.0 Å². The van der Waals surface area contributed by atoms with Gasteiger partial charge in [-0.05, 0) is 74.4 Å². The molecule has 0 saturated heterocycles. The highest BCUT2D eigenvalue weighted by molar-refractivity contribution is 7.98. The van der Waals surface area contributed by atoms with Crippen LogP contribution in [0, 0.1) is 17.8 Å². The highest BCUT2D eigenvalue weighted by Crippen LogP contribution is 2.48. The van der Waals surface area contributed by atoms with Crippen molar-refractivity contribution >= 4 is 11.8 Å². The molecule has 0 heterocycles. The van der Waals surface area contributed by atoms with Gasteiger partial charge in [-0.1, -0.05) is 18.6 Å². The summed E-state index contributed by atoms with van der Waals surface area (Å²) in [6, 6.07) is 9.48. The average molecular weight is 275 g/mol. The van der Waals surface area contributed by atoms with Crippen LogP contribution in [0.4, 0.5) is 0 Å². The Morgan fingerprint density at radius 1 is 1.21 bits per heavy atom. The maximum Gasteiger partial charge on any atom is 0.0291 e. The van der Waals surface area contributed by atoms with Gasteiger partial charge in [0, 0.05) is 10.9 Å². The third-order valence-electron chi connectivity index (χ3n) is 5.19. The van der Waals surface area contributed by atoms with Crippen molar-refractivity contribution in [3.63, 3.8) is 0 Å². The lowest BCUT2D eigenvalue weighted by Crippen LogP contribution is -2.28. The molecule has 2 aliphatic rings. The Balaban J connectivity index is 1.51. The first-order valence-electron chi connectivity index (χ1n) is 7.63. The number of fused-ring (bicyclic) bond motifs is 2. The molecule has 4 atom stereocenters. The molecule has 1 aromatic carbocycles. The minimum absolute atomic E-state index is 0.482. The zero-order chi connectivity index (χ0) is 13.2. The van der Waals surface area contributed by atoms with Crippen molar-refractivity contribution in [2.24, 2.45) is 17.8 Å². The zero-order valence-corrected chi connectivity index (χ0v) is 12.9. The van der Waals surface area contributed by atoms with E-state index in [0.717, 1.165) is 17.8 Å². The summed E-state index contributed by atoms with van der Waals surface area (Å²) in [5.74, 6) is 3.04. The molecule has 0 spiro atoms. The molecule has 4 unspecified atom stereocenters. The summed E-state index contributed by atoms with van der Waals surface area (Å²) in [6.45, 7) is 3.51. The van der Waals surface area contributed by atoms with E-state index in [9.17, 15) is 0 Å². The van der Waals surface area contributed by atoms with Crippen LogP contribution < -0.4 is 5.32 Å². The predicted octanol–water partition coefficient (Wildman–Crippen LogP) is 4.50. The van der Waals surface area contributed by atoms with Crippen LogP contribution in [0.15, 0.2) is 29.2 Å². The zero-order valence-electron chi connectivity index (χ0n) is 12.1. The van der Waals surface area contributed by atoms with Crippen LogP contribution in [-0.4, -0.2) is 12.8 Å². The second kappa shape index (κ2) is 5.88. The summed E-state index contributed by atoms with van der Waals surface area (Å²) in [5, 5.41) is 3.76. The monoisotopic (exact) mass is 275 g/mol. The Hall–Kier alpha value is -0.470. The van der Waals surface area contributed by atoms with Gasteiger partial charge in [0.1, 0.15) is 0 Å². The lowest BCUT2D eigenvalue weighted by molar-refractivity contribution is 0.309. The molecule has 2 saturated carbocycles. The van der Waals surface area contributed by atoms with Gasteiger partial charge in [0.05, 0.1) is 0 Å². The molecule has 0 radical (unpaired) electrons. The largest absolute Gasteiger partial charge is 0.310 e. The van der Waals surface area contributed by atoms with Crippen LogP contribution in [0.2, 0.25) is 0 Å². The fourth-order valence-electron chi connectivity index (χ4n) is 3.97.